The maximum absolute atomic E-state index is 12.3. The third-order valence-electron chi connectivity index (χ3n) is 6.03. The van der Waals surface area contributed by atoms with Gasteiger partial charge in [-0.05, 0) is 6.42 Å². The predicted molar refractivity (Wildman–Crippen MR) is 134 cm³/mol. The van der Waals surface area contributed by atoms with Crippen LogP contribution in [0.25, 0.3) is 0 Å². The Morgan fingerprint density at radius 2 is 1.23 bits per heavy atom. The summed E-state index contributed by atoms with van der Waals surface area (Å²) in [5, 5.41) is 2.91. The summed E-state index contributed by atoms with van der Waals surface area (Å²) in [5.41, 5.74) is 0. The maximum atomic E-state index is 12.3. The highest BCUT2D eigenvalue weighted by molar-refractivity contribution is 6.68. The number of carbonyl (C=O) groups is 1. The van der Waals surface area contributed by atoms with Gasteiger partial charge in [0.05, 0.1) is 13.2 Å². The number of unbranched alkanes of at least 4 members (excludes halogenated alkanes) is 14. The summed E-state index contributed by atoms with van der Waals surface area (Å²) in [7, 11) is 0. The molecule has 0 bridgehead atoms. The lowest BCUT2D eigenvalue weighted by Crippen LogP contribution is -2.58. The van der Waals surface area contributed by atoms with Crippen LogP contribution in [0.4, 0.5) is 0 Å². The molecule has 1 aliphatic rings. The summed E-state index contributed by atoms with van der Waals surface area (Å²) in [5.74, 6) is -0.0440. The Morgan fingerprint density at radius 3 is 1.65 bits per heavy atom. The SMILES string of the molecule is CCCCCCCCCCCCCCCCCC(=O)N[C@H](N1CCOCC1)C(Cl)(Cl)Cl. The van der Waals surface area contributed by atoms with E-state index >= 15 is 0 Å². The molecule has 0 aromatic carbocycles. The molecule has 1 saturated heterocycles. The minimum Gasteiger partial charge on any atom is -0.379 e. The van der Waals surface area contributed by atoms with Crippen LogP contribution < -0.4 is 5.32 Å². The summed E-state index contributed by atoms with van der Waals surface area (Å²) in [6.07, 6.45) is 19.5. The van der Waals surface area contributed by atoms with Gasteiger partial charge in [0.25, 0.3) is 0 Å². The van der Waals surface area contributed by atoms with E-state index < -0.39 is 9.96 Å². The molecule has 1 amide bonds. The van der Waals surface area contributed by atoms with Gasteiger partial charge < -0.3 is 10.1 Å². The van der Waals surface area contributed by atoms with Crippen molar-refractivity contribution in [2.45, 2.75) is 120 Å². The molecule has 0 radical (unpaired) electrons. The fraction of sp³-hybridized carbons (Fsp3) is 0.958. The van der Waals surface area contributed by atoms with Gasteiger partial charge in [0.2, 0.25) is 9.70 Å². The van der Waals surface area contributed by atoms with Crippen molar-refractivity contribution in [1.82, 2.24) is 10.2 Å². The molecular weight excluding hydrogens is 455 g/mol. The molecule has 0 aliphatic carbocycles. The van der Waals surface area contributed by atoms with Crippen LogP contribution in [0.1, 0.15) is 110 Å². The summed E-state index contributed by atoms with van der Waals surface area (Å²) in [4.78, 5) is 14.3. The van der Waals surface area contributed by atoms with Crippen molar-refractivity contribution in [3.05, 3.63) is 0 Å². The van der Waals surface area contributed by atoms with Crippen molar-refractivity contribution < 1.29 is 9.53 Å². The summed E-state index contributed by atoms with van der Waals surface area (Å²) in [6.45, 7) is 4.75. The number of amides is 1. The van der Waals surface area contributed by atoms with Crippen LogP contribution in [0, 0.1) is 0 Å². The molecule has 0 saturated carbocycles. The van der Waals surface area contributed by atoms with Crippen molar-refractivity contribution >= 4 is 40.7 Å². The first-order valence-corrected chi connectivity index (χ1v) is 13.8. The molecule has 7 heteroatoms. The van der Waals surface area contributed by atoms with Crippen LogP contribution in [0.3, 0.4) is 0 Å². The van der Waals surface area contributed by atoms with Gasteiger partial charge in [-0.15, -0.1) is 0 Å². The molecule has 1 aliphatic heterocycles. The molecule has 1 N–H and O–H groups in total. The Labute approximate surface area is 206 Å². The van der Waals surface area contributed by atoms with Gasteiger partial charge in [0.15, 0.2) is 0 Å². The summed E-state index contributed by atoms with van der Waals surface area (Å²) >= 11 is 18.3. The Morgan fingerprint density at radius 1 is 0.806 bits per heavy atom. The standard InChI is InChI=1S/C24H45Cl3N2O2/c1-2-3-4-5-6-7-8-9-10-11-12-13-14-15-16-17-22(30)28-23(24(25,26)27)29-18-20-31-21-19-29/h23H,2-21H2,1H3,(H,28,30)/t23-/m1/s1. The quantitative estimate of drug-likeness (QED) is 0.158. The van der Waals surface area contributed by atoms with Crippen molar-refractivity contribution in [1.29, 1.82) is 0 Å². The van der Waals surface area contributed by atoms with Crippen molar-refractivity contribution in [2.75, 3.05) is 26.3 Å². The van der Waals surface area contributed by atoms with E-state index in [2.05, 4.69) is 12.2 Å². The Hall–Kier alpha value is 0.260. The van der Waals surface area contributed by atoms with Gasteiger partial charge in [-0.25, -0.2) is 0 Å². The van der Waals surface area contributed by atoms with E-state index in [4.69, 9.17) is 39.5 Å². The molecule has 1 rings (SSSR count). The molecule has 0 unspecified atom stereocenters. The number of morpholine rings is 1. The Kier molecular flexibility index (Phi) is 17.6. The van der Waals surface area contributed by atoms with Gasteiger partial charge in [0, 0.05) is 19.5 Å². The van der Waals surface area contributed by atoms with Crippen molar-refractivity contribution in [3.63, 3.8) is 0 Å². The number of alkyl halides is 3. The second-order valence-electron chi connectivity index (χ2n) is 8.86. The minimum absolute atomic E-state index is 0.0440. The van der Waals surface area contributed by atoms with Gasteiger partial charge in [0.1, 0.15) is 6.17 Å². The number of carbonyl (C=O) groups excluding carboxylic acids is 1. The van der Waals surface area contributed by atoms with Gasteiger partial charge >= 0.3 is 0 Å². The molecule has 0 aromatic rings. The predicted octanol–water partition coefficient (Wildman–Crippen LogP) is 7.39. The molecule has 184 valence electrons. The topological polar surface area (TPSA) is 41.6 Å². The molecular formula is C24H45Cl3N2O2. The molecule has 31 heavy (non-hydrogen) atoms. The maximum Gasteiger partial charge on any atom is 0.223 e. The fourth-order valence-electron chi connectivity index (χ4n) is 4.10. The van der Waals surface area contributed by atoms with Crippen molar-refractivity contribution in [3.8, 4) is 0 Å². The normalized spacial score (nSPS) is 16.4. The summed E-state index contributed by atoms with van der Waals surface area (Å²) < 4.78 is 3.79. The lowest BCUT2D eigenvalue weighted by molar-refractivity contribution is -0.123. The number of ether oxygens (including phenoxy) is 1. The highest BCUT2D eigenvalue weighted by atomic mass is 35.6. The number of hydrogen-bond donors (Lipinski definition) is 1. The molecule has 0 aromatic heterocycles. The zero-order chi connectivity index (χ0) is 22.8. The van der Waals surface area contributed by atoms with E-state index in [0.717, 1.165) is 12.8 Å². The van der Waals surface area contributed by atoms with Crippen LogP contribution in [0.2, 0.25) is 0 Å². The van der Waals surface area contributed by atoms with Gasteiger partial charge in [-0.2, -0.15) is 0 Å². The molecule has 1 heterocycles. The highest BCUT2D eigenvalue weighted by Crippen LogP contribution is 2.32. The fourth-order valence-corrected chi connectivity index (χ4v) is 4.68. The van der Waals surface area contributed by atoms with E-state index in [9.17, 15) is 4.79 Å². The van der Waals surface area contributed by atoms with Gasteiger partial charge in [-0.3, -0.25) is 9.69 Å². The van der Waals surface area contributed by atoms with Crippen LogP contribution >= 0.6 is 34.8 Å². The lowest BCUT2D eigenvalue weighted by Gasteiger charge is -2.38. The average molecular weight is 500 g/mol. The third kappa shape index (κ3) is 15.7. The largest absolute Gasteiger partial charge is 0.379 e. The Bertz CT molecular complexity index is 441. The summed E-state index contributed by atoms with van der Waals surface area (Å²) in [6, 6.07) is 0. The molecule has 0 spiro atoms. The van der Waals surface area contributed by atoms with Crippen molar-refractivity contribution in [2.24, 2.45) is 0 Å². The second kappa shape index (κ2) is 18.7. The van der Waals surface area contributed by atoms with Crippen LogP contribution in [-0.4, -0.2) is 47.1 Å². The first-order valence-electron chi connectivity index (χ1n) is 12.6. The van der Waals surface area contributed by atoms with E-state index in [1.807, 2.05) is 4.90 Å². The molecule has 4 nitrogen and oxygen atoms in total. The van der Waals surface area contributed by atoms with E-state index in [0.29, 0.717) is 32.7 Å². The average Bonchev–Trinajstić information content (AvgIpc) is 2.74. The number of nitrogens with one attached hydrogen (secondary N) is 1. The third-order valence-corrected chi connectivity index (χ3v) is 6.65. The second-order valence-corrected chi connectivity index (χ2v) is 11.2. The first-order chi connectivity index (χ1) is 14.9. The molecule has 1 fully saturated rings. The smallest absolute Gasteiger partial charge is 0.223 e. The van der Waals surface area contributed by atoms with E-state index in [1.165, 1.54) is 83.5 Å². The minimum atomic E-state index is -1.55. The highest BCUT2D eigenvalue weighted by Gasteiger charge is 2.38. The van der Waals surface area contributed by atoms with Crippen LogP contribution in [0.15, 0.2) is 0 Å². The Balaban J connectivity index is 1.97. The van der Waals surface area contributed by atoms with E-state index in [-0.39, 0.29) is 5.91 Å². The number of halogens is 3. The van der Waals surface area contributed by atoms with E-state index in [1.54, 1.807) is 0 Å². The lowest BCUT2D eigenvalue weighted by atomic mass is 10.0. The number of hydrogen-bond acceptors (Lipinski definition) is 3. The monoisotopic (exact) mass is 498 g/mol. The first kappa shape index (κ1) is 29.3. The van der Waals surface area contributed by atoms with Crippen LogP contribution in [-0.2, 0) is 9.53 Å². The zero-order valence-corrected chi connectivity index (χ0v) is 21.9. The zero-order valence-electron chi connectivity index (χ0n) is 19.6. The number of rotatable bonds is 18. The van der Waals surface area contributed by atoms with Gasteiger partial charge in [-0.1, -0.05) is 132 Å². The number of nitrogens with zero attached hydrogens (tertiary/aromatic N) is 1. The molecule has 1 atom stereocenters. The van der Waals surface area contributed by atoms with Crippen LogP contribution in [0.5, 0.6) is 0 Å².